The van der Waals surface area contributed by atoms with Gasteiger partial charge in [-0.05, 0) is 49.0 Å². The molecular weight excluding hydrogens is 288 g/mol. The molecule has 0 saturated heterocycles. The third-order valence-electron chi connectivity index (χ3n) is 6.66. The molecule has 0 aromatic carbocycles. The highest BCUT2D eigenvalue weighted by molar-refractivity contribution is 6.23. The summed E-state index contributed by atoms with van der Waals surface area (Å²) in [7, 11) is 0. The van der Waals surface area contributed by atoms with E-state index in [0.717, 1.165) is 36.8 Å². The molecule has 0 aromatic rings. The minimum absolute atomic E-state index is 0.0395. The second-order valence-corrected chi connectivity index (χ2v) is 8.48. The molecule has 0 aliphatic heterocycles. The third-order valence-corrected chi connectivity index (χ3v) is 6.66. The second-order valence-electron chi connectivity index (χ2n) is 8.48. The molecule has 1 fully saturated rings. The van der Waals surface area contributed by atoms with Crippen molar-refractivity contribution in [3.8, 4) is 0 Å². The number of hydrogen-bond acceptors (Lipinski definition) is 3. The van der Waals surface area contributed by atoms with E-state index < -0.39 is 0 Å². The van der Waals surface area contributed by atoms with Crippen LogP contribution < -0.4 is 0 Å². The number of ketones is 2. The van der Waals surface area contributed by atoms with Crippen LogP contribution >= 0.6 is 0 Å². The van der Waals surface area contributed by atoms with Crippen molar-refractivity contribution in [3.05, 3.63) is 22.8 Å². The lowest BCUT2D eigenvalue weighted by molar-refractivity contribution is -0.120. The van der Waals surface area contributed by atoms with Crippen LogP contribution in [0.25, 0.3) is 0 Å². The minimum atomic E-state index is -0.269. The lowest BCUT2D eigenvalue weighted by atomic mass is 9.48. The molecule has 3 aliphatic rings. The SMILES string of the molecule is CC(C)C1=CC(=O)C2=C(CC[C@@H]3[C@@](C)(CO)CCC[C@]23C)C1=O. The van der Waals surface area contributed by atoms with Crippen molar-refractivity contribution < 1.29 is 14.7 Å². The average Bonchev–Trinajstić information content (AvgIpc) is 2.49. The Hall–Kier alpha value is -1.22. The molecule has 3 atom stereocenters. The first-order chi connectivity index (χ1) is 10.7. The number of aliphatic hydroxyl groups is 1. The molecule has 0 unspecified atom stereocenters. The normalized spacial score (nSPS) is 37.7. The van der Waals surface area contributed by atoms with Gasteiger partial charge in [-0.3, -0.25) is 9.59 Å². The predicted octanol–water partition coefficient (Wildman–Crippen LogP) is 3.62. The quantitative estimate of drug-likeness (QED) is 0.792. The summed E-state index contributed by atoms with van der Waals surface area (Å²) in [4.78, 5) is 25.8. The number of allylic oxidation sites excluding steroid dienone is 4. The van der Waals surface area contributed by atoms with E-state index in [1.165, 1.54) is 0 Å². The van der Waals surface area contributed by atoms with Crippen LogP contribution in [-0.2, 0) is 9.59 Å². The summed E-state index contributed by atoms with van der Waals surface area (Å²) in [5.41, 5.74) is 1.78. The number of Topliss-reactive ketones (excluding diaryl/α,β-unsaturated/α-hetero) is 1. The van der Waals surface area contributed by atoms with Crippen LogP contribution in [0, 0.1) is 22.7 Å². The van der Waals surface area contributed by atoms with E-state index in [4.69, 9.17) is 0 Å². The first-order valence-corrected chi connectivity index (χ1v) is 8.90. The molecule has 0 bridgehead atoms. The van der Waals surface area contributed by atoms with Crippen LogP contribution in [0.15, 0.2) is 22.8 Å². The number of fused-ring (bicyclic) bond motifs is 2. The molecule has 0 aromatic heterocycles. The number of hydrogen-bond donors (Lipinski definition) is 1. The summed E-state index contributed by atoms with van der Waals surface area (Å²) in [5, 5.41) is 9.95. The largest absolute Gasteiger partial charge is 0.396 e. The Labute approximate surface area is 138 Å². The van der Waals surface area contributed by atoms with Crippen molar-refractivity contribution in [2.45, 2.75) is 59.8 Å². The third kappa shape index (κ3) is 2.27. The zero-order valence-corrected chi connectivity index (χ0v) is 14.7. The van der Waals surface area contributed by atoms with Gasteiger partial charge in [0, 0.05) is 28.7 Å². The molecule has 0 heterocycles. The summed E-state index contributed by atoms with van der Waals surface area (Å²) in [5.74, 6) is 0.488. The summed E-state index contributed by atoms with van der Waals surface area (Å²) >= 11 is 0. The number of carbonyl (C=O) groups is 2. The highest BCUT2D eigenvalue weighted by atomic mass is 16.3. The van der Waals surface area contributed by atoms with Gasteiger partial charge < -0.3 is 5.11 Å². The predicted molar refractivity (Wildman–Crippen MR) is 89.8 cm³/mol. The van der Waals surface area contributed by atoms with Gasteiger partial charge in [-0.25, -0.2) is 0 Å². The molecule has 3 aliphatic carbocycles. The molecule has 0 amide bonds. The van der Waals surface area contributed by atoms with Gasteiger partial charge >= 0.3 is 0 Å². The summed E-state index contributed by atoms with van der Waals surface area (Å²) in [6, 6.07) is 0. The average molecular weight is 316 g/mol. The lowest BCUT2D eigenvalue weighted by Crippen LogP contribution is -2.51. The van der Waals surface area contributed by atoms with Gasteiger partial charge in [0.05, 0.1) is 0 Å². The Bertz CT molecular complexity index is 625. The van der Waals surface area contributed by atoms with Crippen molar-refractivity contribution >= 4 is 11.6 Å². The van der Waals surface area contributed by atoms with E-state index in [0.29, 0.717) is 12.0 Å². The van der Waals surface area contributed by atoms with Crippen molar-refractivity contribution in [1.29, 1.82) is 0 Å². The molecular formula is C20H28O3. The first kappa shape index (κ1) is 16.6. The zero-order valence-electron chi connectivity index (χ0n) is 14.7. The maximum atomic E-state index is 12.9. The van der Waals surface area contributed by atoms with E-state index in [-0.39, 0.29) is 40.8 Å². The van der Waals surface area contributed by atoms with Crippen molar-refractivity contribution in [1.82, 2.24) is 0 Å². The summed E-state index contributed by atoms with van der Waals surface area (Å²) < 4.78 is 0. The van der Waals surface area contributed by atoms with Crippen molar-refractivity contribution in [2.75, 3.05) is 6.61 Å². The molecule has 23 heavy (non-hydrogen) atoms. The van der Waals surface area contributed by atoms with Gasteiger partial charge in [-0.1, -0.05) is 34.1 Å². The Balaban J connectivity index is 2.10. The van der Waals surface area contributed by atoms with Gasteiger partial charge in [0.25, 0.3) is 0 Å². The van der Waals surface area contributed by atoms with Gasteiger partial charge in [-0.2, -0.15) is 0 Å². The van der Waals surface area contributed by atoms with Crippen LogP contribution in [0.5, 0.6) is 0 Å². The molecule has 3 heteroatoms. The molecule has 0 spiro atoms. The number of carbonyl (C=O) groups excluding carboxylic acids is 2. The highest BCUT2D eigenvalue weighted by Crippen LogP contribution is 2.60. The molecule has 3 rings (SSSR count). The molecule has 3 nitrogen and oxygen atoms in total. The van der Waals surface area contributed by atoms with E-state index in [2.05, 4.69) is 13.8 Å². The summed E-state index contributed by atoms with van der Waals surface area (Å²) in [6.07, 6.45) is 6.11. The van der Waals surface area contributed by atoms with Crippen LogP contribution in [-0.4, -0.2) is 23.3 Å². The second kappa shape index (κ2) is 5.41. The van der Waals surface area contributed by atoms with Gasteiger partial charge in [0.2, 0.25) is 0 Å². The zero-order chi connectivity index (χ0) is 17.0. The maximum Gasteiger partial charge on any atom is 0.185 e. The molecule has 126 valence electrons. The standard InChI is InChI=1S/C20H28O3/c1-12(2)14-10-15(22)17-13(18(14)23)6-7-16-19(3,11-21)8-5-9-20(16,17)4/h10,12,16,21H,5-9,11H2,1-4H3/t16-,19-,20+/m1/s1. The first-order valence-electron chi connectivity index (χ1n) is 8.90. The monoisotopic (exact) mass is 316 g/mol. The highest BCUT2D eigenvalue weighted by Gasteiger charge is 2.55. The van der Waals surface area contributed by atoms with Crippen molar-refractivity contribution in [3.63, 3.8) is 0 Å². The molecule has 0 radical (unpaired) electrons. The number of rotatable bonds is 2. The van der Waals surface area contributed by atoms with Crippen molar-refractivity contribution in [2.24, 2.45) is 22.7 Å². The Morgan fingerprint density at radius 3 is 2.57 bits per heavy atom. The van der Waals surface area contributed by atoms with E-state index in [1.54, 1.807) is 6.08 Å². The van der Waals surface area contributed by atoms with Crippen LogP contribution in [0.1, 0.15) is 59.8 Å². The Morgan fingerprint density at radius 2 is 1.96 bits per heavy atom. The lowest BCUT2D eigenvalue weighted by Gasteiger charge is -2.55. The van der Waals surface area contributed by atoms with E-state index in [1.807, 2.05) is 13.8 Å². The smallest absolute Gasteiger partial charge is 0.185 e. The topological polar surface area (TPSA) is 54.4 Å². The fourth-order valence-electron chi connectivity index (χ4n) is 5.43. The minimum Gasteiger partial charge on any atom is -0.396 e. The van der Waals surface area contributed by atoms with Gasteiger partial charge in [0.15, 0.2) is 11.6 Å². The Kier molecular flexibility index (Phi) is 3.91. The van der Waals surface area contributed by atoms with E-state index in [9.17, 15) is 14.7 Å². The van der Waals surface area contributed by atoms with E-state index >= 15 is 0 Å². The molecule has 1 saturated carbocycles. The molecule has 1 N–H and O–H groups in total. The maximum absolute atomic E-state index is 12.9. The number of aliphatic hydroxyl groups excluding tert-OH is 1. The van der Waals surface area contributed by atoms with Gasteiger partial charge in [-0.15, -0.1) is 0 Å². The van der Waals surface area contributed by atoms with Crippen LogP contribution in [0.3, 0.4) is 0 Å². The van der Waals surface area contributed by atoms with Gasteiger partial charge in [0.1, 0.15) is 0 Å². The van der Waals surface area contributed by atoms with Crippen LogP contribution in [0.2, 0.25) is 0 Å². The fourth-order valence-corrected chi connectivity index (χ4v) is 5.43. The fraction of sp³-hybridized carbons (Fsp3) is 0.700. The van der Waals surface area contributed by atoms with Crippen LogP contribution in [0.4, 0.5) is 0 Å². The summed E-state index contributed by atoms with van der Waals surface area (Å²) in [6.45, 7) is 8.40. The Morgan fingerprint density at radius 1 is 1.26 bits per heavy atom.